The molecular formula is C28H33N3O4S2. The number of carbonyl (C=O) groups excluding carboxylic acids is 2. The first-order chi connectivity index (χ1) is 17.7. The van der Waals surface area contributed by atoms with Gasteiger partial charge in [-0.25, -0.2) is 8.42 Å². The number of carbonyl (C=O) groups is 2. The van der Waals surface area contributed by atoms with Crippen LogP contribution in [-0.2, 0) is 14.8 Å². The summed E-state index contributed by atoms with van der Waals surface area (Å²) < 4.78 is 27.1. The van der Waals surface area contributed by atoms with Crippen molar-refractivity contribution in [3.05, 3.63) is 82.0 Å². The molecule has 196 valence electrons. The summed E-state index contributed by atoms with van der Waals surface area (Å²) in [6, 6.07) is 17.0. The van der Waals surface area contributed by atoms with Gasteiger partial charge in [-0.3, -0.25) is 9.59 Å². The Balaban J connectivity index is 1.70. The van der Waals surface area contributed by atoms with E-state index >= 15 is 0 Å². The molecule has 0 saturated heterocycles. The number of hydrogen-bond donors (Lipinski definition) is 1. The molecule has 1 aliphatic heterocycles. The highest BCUT2D eigenvalue weighted by Crippen LogP contribution is 2.45. The lowest BCUT2D eigenvalue weighted by Crippen LogP contribution is -2.47. The summed E-state index contributed by atoms with van der Waals surface area (Å²) in [6.07, 6.45) is 0. The minimum Gasteiger partial charge on any atom is -0.329 e. The van der Waals surface area contributed by atoms with Crippen LogP contribution in [0.15, 0.2) is 70.9 Å². The van der Waals surface area contributed by atoms with Gasteiger partial charge in [-0.2, -0.15) is 4.31 Å². The van der Waals surface area contributed by atoms with Gasteiger partial charge in [-0.1, -0.05) is 52.0 Å². The van der Waals surface area contributed by atoms with Crippen LogP contribution < -0.4 is 5.32 Å². The van der Waals surface area contributed by atoms with E-state index in [1.165, 1.54) is 27.8 Å². The van der Waals surface area contributed by atoms with Gasteiger partial charge in [0.05, 0.1) is 16.9 Å². The van der Waals surface area contributed by atoms with Crippen LogP contribution in [0.2, 0.25) is 0 Å². The van der Waals surface area contributed by atoms with E-state index in [-0.39, 0.29) is 22.6 Å². The predicted octanol–water partition coefficient (Wildman–Crippen LogP) is 5.35. The number of anilines is 1. The summed E-state index contributed by atoms with van der Waals surface area (Å²) in [5, 5.41) is 4.94. The third kappa shape index (κ3) is 5.35. The van der Waals surface area contributed by atoms with Gasteiger partial charge in [-0.15, -0.1) is 11.3 Å². The lowest BCUT2D eigenvalue weighted by molar-refractivity contribution is -0.119. The van der Waals surface area contributed by atoms with Crippen molar-refractivity contribution in [2.24, 2.45) is 5.92 Å². The van der Waals surface area contributed by atoms with Gasteiger partial charge in [0.25, 0.3) is 5.91 Å². The second-order valence-electron chi connectivity index (χ2n) is 9.48. The van der Waals surface area contributed by atoms with Crippen molar-refractivity contribution in [2.75, 3.05) is 25.0 Å². The van der Waals surface area contributed by atoms with Crippen LogP contribution >= 0.6 is 11.3 Å². The molecule has 3 aromatic rings. The minimum atomic E-state index is -3.59. The standard InChI is InChI=1S/C28H33N3O4S2/c1-5-30(6-2)37(34,35)21-15-13-20(14-16-21)29-27(32)25-22-10-7-8-11-23(22)28(33)31(18-19(3)4)26(25)24-12-9-17-36-24/h7-17,19,25-26H,5-6,18H2,1-4H3,(H,29,32)/t25-,26+/m0/s1. The van der Waals surface area contributed by atoms with Crippen molar-refractivity contribution < 1.29 is 18.0 Å². The highest BCUT2D eigenvalue weighted by Gasteiger charge is 2.44. The van der Waals surface area contributed by atoms with Gasteiger partial charge >= 0.3 is 0 Å². The molecule has 7 nitrogen and oxygen atoms in total. The molecule has 9 heteroatoms. The summed E-state index contributed by atoms with van der Waals surface area (Å²) in [6.45, 7) is 9.01. The number of fused-ring (bicyclic) bond motifs is 1. The molecule has 0 aliphatic carbocycles. The molecule has 0 spiro atoms. The van der Waals surface area contributed by atoms with Crippen molar-refractivity contribution in [1.82, 2.24) is 9.21 Å². The lowest BCUT2D eigenvalue weighted by Gasteiger charge is -2.42. The molecule has 2 heterocycles. The summed E-state index contributed by atoms with van der Waals surface area (Å²) in [5.41, 5.74) is 1.74. The van der Waals surface area contributed by atoms with E-state index in [0.717, 1.165) is 4.88 Å². The second kappa shape index (κ2) is 11.2. The Bertz CT molecular complexity index is 1350. The molecule has 0 bridgehead atoms. The topological polar surface area (TPSA) is 86.8 Å². The molecule has 1 N–H and O–H groups in total. The van der Waals surface area contributed by atoms with Crippen molar-refractivity contribution in [1.29, 1.82) is 0 Å². The van der Waals surface area contributed by atoms with Crippen LogP contribution in [0.4, 0.5) is 5.69 Å². The zero-order valence-corrected chi connectivity index (χ0v) is 23.2. The van der Waals surface area contributed by atoms with E-state index < -0.39 is 22.0 Å². The summed E-state index contributed by atoms with van der Waals surface area (Å²) in [7, 11) is -3.59. The maximum absolute atomic E-state index is 13.9. The molecule has 2 aromatic carbocycles. The van der Waals surface area contributed by atoms with E-state index in [4.69, 9.17) is 0 Å². The molecule has 0 radical (unpaired) electrons. The fourth-order valence-corrected chi connectivity index (χ4v) is 7.22. The van der Waals surface area contributed by atoms with Crippen molar-refractivity contribution >= 4 is 38.9 Å². The minimum absolute atomic E-state index is 0.0716. The first-order valence-electron chi connectivity index (χ1n) is 12.5. The zero-order chi connectivity index (χ0) is 26.7. The third-order valence-corrected chi connectivity index (χ3v) is 9.59. The predicted molar refractivity (Wildman–Crippen MR) is 147 cm³/mol. The first-order valence-corrected chi connectivity index (χ1v) is 14.8. The van der Waals surface area contributed by atoms with E-state index in [9.17, 15) is 18.0 Å². The number of thiophene rings is 1. The molecule has 4 rings (SSSR count). The fraction of sp³-hybridized carbons (Fsp3) is 0.357. The molecule has 0 unspecified atom stereocenters. The molecule has 2 atom stereocenters. The van der Waals surface area contributed by atoms with Crippen LogP contribution in [0.1, 0.15) is 60.5 Å². The van der Waals surface area contributed by atoms with Gasteiger partial charge in [0, 0.05) is 35.8 Å². The van der Waals surface area contributed by atoms with E-state index in [0.29, 0.717) is 36.4 Å². The Morgan fingerprint density at radius 3 is 2.30 bits per heavy atom. The highest BCUT2D eigenvalue weighted by atomic mass is 32.2. The molecular weight excluding hydrogens is 506 g/mol. The Morgan fingerprint density at radius 1 is 1.03 bits per heavy atom. The van der Waals surface area contributed by atoms with Gasteiger partial charge in [-0.05, 0) is 53.3 Å². The Morgan fingerprint density at radius 2 is 1.70 bits per heavy atom. The molecule has 37 heavy (non-hydrogen) atoms. The average molecular weight is 540 g/mol. The maximum Gasteiger partial charge on any atom is 0.254 e. The first kappa shape index (κ1) is 27.0. The molecule has 1 aliphatic rings. The SMILES string of the molecule is CCN(CC)S(=O)(=O)c1ccc(NC(=O)[C@H]2c3ccccc3C(=O)N(CC(C)C)[C@@H]2c2cccs2)cc1. The van der Waals surface area contributed by atoms with E-state index in [2.05, 4.69) is 19.2 Å². The smallest absolute Gasteiger partial charge is 0.254 e. The van der Waals surface area contributed by atoms with E-state index in [1.54, 1.807) is 32.0 Å². The molecule has 1 aromatic heterocycles. The Kier molecular flexibility index (Phi) is 8.16. The van der Waals surface area contributed by atoms with Crippen LogP contribution in [-0.4, -0.2) is 49.1 Å². The quantitative estimate of drug-likeness (QED) is 0.397. The lowest BCUT2D eigenvalue weighted by atomic mass is 9.81. The molecule has 0 fully saturated rings. The van der Waals surface area contributed by atoms with Crippen LogP contribution in [0.3, 0.4) is 0 Å². The Labute approximate surface area is 223 Å². The maximum atomic E-state index is 13.9. The number of nitrogens with one attached hydrogen (secondary N) is 1. The van der Waals surface area contributed by atoms with Gasteiger partial charge in [0.2, 0.25) is 15.9 Å². The fourth-order valence-electron chi connectivity index (χ4n) is 4.89. The highest BCUT2D eigenvalue weighted by molar-refractivity contribution is 7.89. The number of amides is 2. The monoisotopic (exact) mass is 539 g/mol. The van der Waals surface area contributed by atoms with Gasteiger partial charge in [0.15, 0.2) is 0 Å². The van der Waals surface area contributed by atoms with Crippen molar-refractivity contribution in [2.45, 2.75) is 44.6 Å². The third-order valence-electron chi connectivity index (χ3n) is 6.58. The number of rotatable bonds is 9. The van der Waals surface area contributed by atoms with Crippen LogP contribution in [0.5, 0.6) is 0 Å². The number of nitrogens with zero attached hydrogens (tertiary/aromatic N) is 2. The Hall–Kier alpha value is -3.01. The number of benzene rings is 2. The second-order valence-corrected chi connectivity index (χ2v) is 12.4. The normalized spacial score (nSPS) is 17.8. The van der Waals surface area contributed by atoms with Crippen molar-refractivity contribution in [3.63, 3.8) is 0 Å². The van der Waals surface area contributed by atoms with Gasteiger partial charge < -0.3 is 10.2 Å². The summed E-state index contributed by atoms with van der Waals surface area (Å²) in [5.74, 6) is -0.713. The molecule has 0 saturated carbocycles. The summed E-state index contributed by atoms with van der Waals surface area (Å²) in [4.78, 5) is 30.4. The van der Waals surface area contributed by atoms with Crippen LogP contribution in [0, 0.1) is 5.92 Å². The number of hydrogen-bond acceptors (Lipinski definition) is 5. The average Bonchev–Trinajstić information content (AvgIpc) is 3.41. The van der Waals surface area contributed by atoms with Crippen molar-refractivity contribution in [3.8, 4) is 0 Å². The summed E-state index contributed by atoms with van der Waals surface area (Å²) >= 11 is 1.53. The largest absolute Gasteiger partial charge is 0.329 e. The number of sulfonamides is 1. The van der Waals surface area contributed by atoms with Gasteiger partial charge in [0.1, 0.15) is 0 Å². The van der Waals surface area contributed by atoms with Crippen LogP contribution in [0.25, 0.3) is 0 Å². The van der Waals surface area contributed by atoms with E-state index in [1.807, 2.05) is 40.6 Å². The zero-order valence-electron chi connectivity index (χ0n) is 21.5. The molecule has 2 amide bonds.